The Balaban J connectivity index is 5.16. The topological polar surface area (TPSA) is 17.1 Å². The molecule has 0 fully saturated rings. The average Bonchev–Trinajstić information content (AvgIpc) is 1.84. The van der Waals surface area contributed by atoms with Crippen molar-refractivity contribution in [3.05, 3.63) is 0 Å². The standard InChI is InChI=1S/C5H10O/c1-3-4-5(2)6/h3-4H2,1-2H3/i1D3,3D2,4D2. The van der Waals surface area contributed by atoms with Crippen LogP contribution in [0.2, 0.25) is 0 Å². The molecule has 0 heterocycles. The second-order valence-electron chi connectivity index (χ2n) is 0.806. The molecule has 36 valence electrons. The summed E-state index contributed by atoms with van der Waals surface area (Å²) in [7, 11) is 0. The molecule has 0 saturated heterocycles. The van der Waals surface area contributed by atoms with Crippen LogP contribution in [0, 0.1) is 0 Å². The lowest BCUT2D eigenvalue weighted by Gasteiger charge is -1.80. The molecule has 0 unspecified atom stereocenters. The molecule has 0 spiro atoms. The van der Waals surface area contributed by atoms with E-state index in [4.69, 9.17) is 9.60 Å². The first-order valence-electron chi connectivity index (χ1n) is 4.95. The number of rotatable bonds is 2. The zero-order valence-electron chi connectivity index (χ0n) is 10.4. The fraction of sp³-hybridized carbons (Fsp3) is 0.800. The van der Waals surface area contributed by atoms with E-state index >= 15 is 0 Å². The fourth-order valence-corrected chi connectivity index (χ4v) is 0.0880. The predicted octanol–water partition coefficient (Wildman–Crippen LogP) is 1.38. The van der Waals surface area contributed by atoms with Crippen LogP contribution in [-0.2, 0) is 4.79 Å². The molecular weight excluding hydrogens is 76.1 g/mol. The van der Waals surface area contributed by atoms with Gasteiger partial charge in [-0.25, -0.2) is 0 Å². The molecular formula is C5H10O. The summed E-state index contributed by atoms with van der Waals surface area (Å²) in [6, 6.07) is 0. The van der Waals surface area contributed by atoms with Crippen molar-refractivity contribution in [3.63, 3.8) is 0 Å². The van der Waals surface area contributed by atoms with Gasteiger partial charge in [0.1, 0.15) is 5.78 Å². The Bertz CT molecular complexity index is 215. The van der Waals surface area contributed by atoms with Gasteiger partial charge in [-0.3, -0.25) is 0 Å². The molecule has 0 atom stereocenters. The second-order valence-corrected chi connectivity index (χ2v) is 0.806. The van der Waals surface area contributed by atoms with Crippen molar-refractivity contribution in [2.45, 2.75) is 26.5 Å². The van der Waals surface area contributed by atoms with Gasteiger partial charge in [-0.1, -0.05) is 6.85 Å². The van der Waals surface area contributed by atoms with Gasteiger partial charge in [0.05, 0.1) is 0 Å². The molecule has 0 aliphatic rings. The third-order valence-corrected chi connectivity index (χ3v) is 0.239. The molecule has 0 aromatic heterocycles. The smallest absolute Gasteiger partial charge is 0.129 e. The van der Waals surface area contributed by atoms with Gasteiger partial charge in [0.25, 0.3) is 0 Å². The van der Waals surface area contributed by atoms with Crippen LogP contribution < -0.4 is 0 Å². The largest absolute Gasteiger partial charge is 0.300 e. The Hall–Kier alpha value is -0.330. The molecule has 0 aliphatic heterocycles. The van der Waals surface area contributed by atoms with Gasteiger partial charge in [-0.05, 0) is 13.3 Å². The van der Waals surface area contributed by atoms with Crippen molar-refractivity contribution in [1.82, 2.24) is 0 Å². The molecule has 0 radical (unpaired) electrons. The van der Waals surface area contributed by atoms with Crippen molar-refractivity contribution in [1.29, 1.82) is 0 Å². The Morgan fingerprint density at radius 1 is 2.17 bits per heavy atom. The van der Waals surface area contributed by atoms with E-state index in [1.807, 2.05) is 0 Å². The third kappa shape index (κ3) is 3.67. The van der Waals surface area contributed by atoms with Gasteiger partial charge in [0, 0.05) is 16.0 Å². The van der Waals surface area contributed by atoms with Gasteiger partial charge in [-0.2, -0.15) is 0 Å². The van der Waals surface area contributed by atoms with Crippen molar-refractivity contribution in [2.75, 3.05) is 0 Å². The number of carbonyl (C=O) groups is 1. The highest BCUT2D eigenvalue weighted by Gasteiger charge is 1.83. The number of hydrogen-bond donors (Lipinski definition) is 0. The minimum atomic E-state index is -3.16. The summed E-state index contributed by atoms with van der Waals surface area (Å²) in [5, 5.41) is 0. The monoisotopic (exact) mass is 93.1 g/mol. The van der Waals surface area contributed by atoms with E-state index < -0.39 is 25.4 Å². The Morgan fingerprint density at radius 2 is 2.83 bits per heavy atom. The third-order valence-electron chi connectivity index (χ3n) is 0.239. The van der Waals surface area contributed by atoms with E-state index in [0.717, 1.165) is 6.92 Å². The molecule has 6 heavy (non-hydrogen) atoms. The normalized spacial score (nSPS) is 32.5. The molecule has 0 amide bonds. The van der Waals surface area contributed by atoms with E-state index in [9.17, 15) is 4.79 Å². The van der Waals surface area contributed by atoms with E-state index in [1.54, 1.807) is 0 Å². The summed E-state index contributed by atoms with van der Waals surface area (Å²) < 4.78 is 48.3. The zero-order chi connectivity index (χ0) is 11.1. The van der Waals surface area contributed by atoms with Gasteiger partial charge < -0.3 is 4.79 Å². The van der Waals surface area contributed by atoms with E-state index in [0.29, 0.717) is 0 Å². The maximum absolute atomic E-state index is 10.7. The zero-order valence-corrected chi connectivity index (χ0v) is 3.41. The van der Waals surface area contributed by atoms with E-state index in [2.05, 4.69) is 0 Å². The first kappa shape index (κ1) is 0.908. The van der Waals surface area contributed by atoms with Crippen molar-refractivity contribution in [3.8, 4) is 0 Å². The average molecular weight is 93.2 g/mol. The molecule has 1 heteroatoms. The molecule has 0 aromatic rings. The van der Waals surface area contributed by atoms with Crippen LogP contribution in [-0.4, -0.2) is 5.78 Å². The van der Waals surface area contributed by atoms with Gasteiger partial charge in [0.2, 0.25) is 0 Å². The summed E-state index contributed by atoms with van der Waals surface area (Å²) in [6.07, 6.45) is -6.15. The highest BCUT2D eigenvalue weighted by molar-refractivity contribution is 5.75. The van der Waals surface area contributed by atoms with Crippen LogP contribution >= 0.6 is 0 Å². The molecule has 0 saturated carbocycles. The maximum Gasteiger partial charge on any atom is 0.129 e. The number of Topliss-reactive ketones (excluding diaryl/α,β-unsaturated/α-hetero) is 1. The van der Waals surface area contributed by atoms with Crippen LogP contribution in [0.1, 0.15) is 36.1 Å². The van der Waals surface area contributed by atoms with Gasteiger partial charge in [-0.15, -0.1) is 0 Å². The maximum atomic E-state index is 10.7. The number of ketones is 1. The Morgan fingerprint density at radius 3 is 3.00 bits per heavy atom. The lowest BCUT2D eigenvalue weighted by atomic mass is 10.3. The molecule has 1 nitrogen and oxygen atoms in total. The predicted molar refractivity (Wildman–Crippen MR) is 25.6 cm³/mol. The van der Waals surface area contributed by atoms with Crippen molar-refractivity contribution in [2.24, 2.45) is 0 Å². The molecule has 0 bridgehead atoms. The summed E-state index contributed by atoms with van der Waals surface area (Å²) in [5.74, 6) is -1.13. The molecule has 0 N–H and O–H groups in total. The minimum Gasteiger partial charge on any atom is -0.300 e. The highest BCUT2D eigenvalue weighted by Crippen LogP contribution is 1.84. The fourth-order valence-electron chi connectivity index (χ4n) is 0.0880. The molecule has 0 rings (SSSR count). The SMILES string of the molecule is [2H]C([2H])([2H])C([2H])([2H])C([2H])([2H])C(C)=O. The van der Waals surface area contributed by atoms with Crippen LogP contribution in [0.15, 0.2) is 0 Å². The highest BCUT2D eigenvalue weighted by atomic mass is 16.1. The Labute approximate surface area is 48.2 Å². The van der Waals surface area contributed by atoms with E-state index in [1.165, 1.54) is 0 Å². The quantitative estimate of drug-likeness (QED) is 0.504. The summed E-state index contributed by atoms with van der Waals surface area (Å²) in [5.41, 5.74) is 0. The lowest BCUT2D eigenvalue weighted by molar-refractivity contribution is -0.117. The van der Waals surface area contributed by atoms with Crippen LogP contribution in [0.5, 0.6) is 0 Å². The summed E-state index contributed by atoms with van der Waals surface area (Å²) in [4.78, 5) is 10.7. The van der Waals surface area contributed by atoms with Gasteiger partial charge in [0.15, 0.2) is 0 Å². The van der Waals surface area contributed by atoms with Crippen LogP contribution in [0.3, 0.4) is 0 Å². The minimum absolute atomic E-state index is 0.823. The van der Waals surface area contributed by atoms with Crippen LogP contribution in [0.25, 0.3) is 0 Å². The molecule has 0 aliphatic carbocycles. The summed E-state index contributed by atoms with van der Waals surface area (Å²) >= 11 is 0. The van der Waals surface area contributed by atoms with Crippen molar-refractivity contribution >= 4 is 5.78 Å². The van der Waals surface area contributed by atoms with E-state index in [-0.39, 0.29) is 0 Å². The Kier molecular flexibility index (Phi) is 0.436. The number of carbonyl (C=O) groups excluding carboxylic acids is 1. The van der Waals surface area contributed by atoms with Crippen LogP contribution in [0.4, 0.5) is 0 Å². The lowest BCUT2D eigenvalue weighted by Crippen LogP contribution is -1.84. The first-order chi connectivity index (χ1) is 5.44. The second kappa shape index (κ2) is 2.88. The first-order valence-corrected chi connectivity index (χ1v) is 1.45. The summed E-state index contributed by atoms with van der Waals surface area (Å²) in [6.45, 7) is -2.33. The van der Waals surface area contributed by atoms with Gasteiger partial charge >= 0.3 is 0 Å². The molecule has 0 aromatic carbocycles. The van der Waals surface area contributed by atoms with Crippen molar-refractivity contribution < 1.29 is 14.4 Å². The number of hydrogen-bond acceptors (Lipinski definition) is 1.